The van der Waals surface area contributed by atoms with Gasteiger partial charge in [0.25, 0.3) is 10.0 Å². The number of anilines is 1. The zero-order valence-corrected chi connectivity index (χ0v) is 16.0. The number of carbonyl (C=O) groups is 1. The lowest BCUT2D eigenvalue weighted by atomic mass is 9.90. The lowest BCUT2D eigenvalue weighted by molar-refractivity contribution is -0.114. The van der Waals surface area contributed by atoms with Gasteiger partial charge in [0.2, 0.25) is 5.91 Å². The summed E-state index contributed by atoms with van der Waals surface area (Å²) in [7, 11) is -2.18. The average Bonchev–Trinajstić information content (AvgIpc) is 2.65. The highest BCUT2D eigenvalue weighted by Gasteiger charge is 2.18. The molecule has 0 fully saturated rings. The fourth-order valence-corrected chi connectivity index (χ4v) is 3.80. The van der Waals surface area contributed by atoms with Crippen LogP contribution in [0.25, 0.3) is 0 Å². The van der Waals surface area contributed by atoms with Gasteiger partial charge < -0.3 is 10.1 Å². The van der Waals surface area contributed by atoms with Gasteiger partial charge in [-0.1, -0.05) is 0 Å². The maximum Gasteiger partial charge on any atom is 0.276 e. The molecule has 0 unspecified atom stereocenters. The summed E-state index contributed by atoms with van der Waals surface area (Å²) in [6.07, 6.45) is 2.50. The van der Waals surface area contributed by atoms with E-state index < -0.39 is 10.0 Å². The van der Waals surface area contributed by atoms with E-state index in [1.807, 2.05) is 18.2 Å². The smallest absolute Gasteiger partial charge is 0.276 e. The zero-order valence-electron chi connectivity index (χ0n) is 15.2. The predicted molar refractivity (Wildman–Crippen MR) is 104 cm³/mol. The number of hydrogen-bond donors (Lipinski definition) is 2. The van der Waals surface area contributed by atoms with Crippen LogP contribution in [-0.2, 0) is 21.2 Å². The summed E-state index contributed by atoms with van der Waals surface area (Å²) in [4.78, 5) is 13.4. The molecule has 3 rings (SSSR count). The summed E-state index contributed by atoms with van der Waals surface area (Å²) in [5.41, 5.74) is 3.27. The Bertz CT molecular complexity index is 983. The second-order valence-electron chi connectivity index (χ2n) is 6.24. The van der Waals surface area contributed by atoms with Crippen molar-refractivity contribution in [3.05, 3.63) is 53.6 Å². The molecule has 0 heterocycles. The van der Waals surface area contributed by atoms with E-state index in [9.17, 15) is 13.2 Å². The average molecular weight is 387 g/mol. The first-order valence-corrected chi connectivity index (χ1v) is 10.0. The van der Waals surface area contributed by atoms with Crippen LogP contribution < -0.4 is 14.9 Å². The third-order valence-corrected chi connectivity index (χ3v) is 5.49. The Morgan fingerprint density at radius 1 is 1.11 bits per heavy atom. The zero-order chi connectivity index (χ0) is 19.4. The van der Waals surface area contributed by atoms with Crippen LogP contribution in [0.15, 0.2) is 52.5 Å². The van der Waals surface area contributed by atoms with Gasteiger partial charge in [-0.2, -0.15) is 18.4 Å². The molecule has 142 valence electrons. The lowest BCUT2D eigenvalue weighted by Gasteiger charge is -2.18. The normalized spacial score (nSPS) is 15.1. The van der Waals surface area contributed by atoms with E-state index in [4.69, 9.17) is 4.74 Å². The Balaban J connectivity index is 1.80. The minimum Gasteiger partial charge on any atom is -0.497 e. The number of carbonyl (C=O) groups excluding carboxylic acids is 1. The Hall–Kier alpha value is -2.87. The molecule has 0 spiro atoms. The van der Waals surface area contributed by atoms with Crippen LogP contribution in [0, 0.1) is 0 Å². The maximum atomic E-state index is 12.5. The fraction of sp³-hybridized carbons (Fsp3) is 0.263. The summed E-state index contributed by atoms with van der Waals surface area (Å²) >= 11 is 0. The Morgan fingerprint density at radius 2 is 1.85 bits per heavy atom. The molecule has 0 saturated carbocycles. The van der Waals surface area contributed by atoms with Gasteiger partial charge in [0.05, 0.1) is 17.7 Å². The van der Waals surface area contributed by atoms with Gasteiger partial charge in [-0.05, 0) is 67.3 Å². The molecule has 0 saturated heterocycles. The number of rotatable bonds is 5. The minimum atomic E-state index is -3.80. The summed E-state index contributed by atoms with van der Waals surface area (Å²) in [6.45, 7) is 1.39. The largest absolute Gasteiger partial charge is 0.497 e. The molecule has 27 heavy (non-hydrogen) atoms. The van der Waals surface area contributed by atoms with E-state index in [0.717, 1.165) is 29.7 Å². The van der Waals surface area contributed by atoms with E-state index in [0.29, 0.717) is 17.8 Å². The summed E-state index contributed by atoms with van der Waals surface area (Å²) < 4.78 is 30.2. The molecule has 0 radical (unpaired) electrons. The summed E-state index contributed by atoms with van der Waals surface area (Å²) in [5.74, 6) is 0.553. The molecule has 0 aromatic heterocycles. The molecule has 0 aliphatic heterocycles. The second-order valence-corrected chi connectivity index (χ2v) is 7.90. The monoisotopic (exact) mass is 387 g/mol. The SMILES string of the molecule is COc1ccc2c(c1)CCCC2=NNS(=O)(=O)c1ccc(NC(C)=O)cc1. The number of hydrazone groups is 1. The lowest BCUT2D eigenvalue weighted by Crippen LogP contribution is -2.22. The number of amides is 1. The number of sulfonamides is 1. The molecule has 1 aliphatic carbocycles. The number of nitrogens with one attached hydrogen (secondary N) is 2. The van der Waals surface area contributed by atoms with Crippen LogP contribution >= 0.6 is 0 Å². The molecule has 0 atom stereocenters. The van der Waals surface area contributed by atoms with Crippen molar-refractivity contribution in [3.63, 3.8) is 0 Å². The van der Waals surface area contributed by atoms with Crippen molar-refractivity contribution in [2.75, 3.05) is 12.4 Å². The summed E-state index contributed by atoms with van der Waals surface area (Å²) in [5, 5.41) is 6.76. The quantitative estimate of drug-likeness (QED) is 0.771. The van der Waals surface area contributed by atoms with E-state index in [-0.39, 0.29) is 10.8 Å². The molecular weight excluding hydrogens is 366 g/mol. The van der Waals surface area contributed by atoms with Crippen molar-refractivity contribution in [1.82, 2.24) is 4.83 Å². The van der Waals surface area contributed by atoms with Crippen LogP contribution in [0.4, 0.5) is 5.69 Å². The van der Waals surface area contributed by atoms with E-state index in [2.05, 4.69) is 15.2 Å². The summed E-state index contributed by atoms with van der Waals surface area (Å²) in [6, 6.07) is 11.6. The number of nitrogens with zero attached hydrogens (tertiary/aromatic N) is 1. The molecule has 7 nitrogen and oxygen atoms in total. The highest BCUT2D eigenvalue weighted by atomic mass is 32.2. The molecule has 2 aromatic carbocycles. The van der Waals surface area contributed by atoms with E-state index >= 15 is 0 Å². The van der Waals surface area contributed by atoms with Crippen LogP contribution in [0.5, 0.6) is 5.75 Å². The maximum absolute atomic E-state index is 12.5. The van der Waals surface area contributed by atoms with Crippen molar-refractivity contribution in [2.45, 2.75) is 31.1 Å². The van der Waals surface area contributed by atoms with E-state index in [1.54, 1.807) is 7.11 Å². The highest BCUT2D eigenvalue weighted by molar-refractivity contribution is 7.89. The number of ether oxygens (including phenoxy) is 1. The van der Waals surface area contributed by atoms with Crippen molar-refractivity contribution in [2.24, 2.45) is 5.10 Å². The van der Waals surface area contributed by atoms with Crippen molar-refractivity contribution in [3.8, 4) is 5.75 Å². The van der Waals surface area contributed by atoms with E-state index in [1.165, 1.54) is 31.2 Å². The first-order valence-electron chi connectivity index (χ1n) is 8.52. The Kier molecular flexibility index (Phi) is 5.46. The van der Waals surface area contributed by atoms with Gasteiger partial charge in [-0.25, -0.2) is 0 Å². The van der Waals surface area contributed by atoms with Crippen LogP contribution in [0.2, 0.25) is 0 Å². The van der Waals surface area contributed by atoms with Crippen molar-refractivity contribution >= 4 is 27.3 Å². The van der Waals surface area contributed by atoms with Crippen molar-refractivity contribution in [1.29, 1.82) is 0 Å². The van der Waals surface area contributed by atoms with Gasteiger partial charge in [0, 0.05) is 18.2 Å². The predicted octanol–water partition coefficient (Wildman–Crippen LogP) is 2.67. The van der Waals surface area contributed by atoms with Crippen LogP contribution in [-0.4, -0.2) is 27.1 Å². The topological polar surface area (TPSA) is 96.9 Å². The third-order valence-electron chi connectivity index (χ3n) is 4.27. The number of methoxy groups -OCH3 is 1. The third kappa shape index (κ3) is 4.46. The first kappa shape index (κ1) is 18.9. The molecule has 8 heteroatoms. The number of fused-ring (bicyclic) bond motifs is 1. The van der Waals surface area contributed by atoms with Crippen LogP contribution in [0.3, 0.4) is 0 Å². The standard InChI is InChI=1S/C19H21N3O4S/c1-13(23)20-15-6-9-17(10-7-15)27(24,25)22-21-19-5-3-4-14-12-16(26-2)8-11-18(14)19/h6-12,22H,3-5H2,1-2H3,(H,20,23). The van der Waals surface area contributed by atoms with Gasteiger partial charge in [-0.3, -0.25) is 4.79 Å². The fourth-order valence-electron chi connectivity index (χ4n) is 2.97. The van der Waals surface area contributed by atoms with Crippen LogP contribution in [0.1, 0.15) is 30.9 Å². The van der Waals surface area contributed by atoms with Crippen molar-refractivity contribution < 1.29 is 17.9 Å². The molecule has 2 N–H and O–H groups in total. The Labute approximate surface area is 158 Å². The first-order chi connectivity index (χ1) is 12.9. The number of aryl methyl sites for hydroxylation is 1. The number of benzene rings is 2. The van der Waals surface area contributed by atoms with Gasteiger partial charge >= 0.3 is 0 Å². The molecule has 2 aromatic rings. The molecule has 1 amide bonds. The minimum absolute atomic E-state index is 0.0757. The van der Waals surface area contributed by atoms with Gasteiger partial charge in [0.15, 0.2) is 0 Å². The number of hydrogen-bond acceptors (Lipinski definition) is 5. The molecular formula is C19H21N3O4S. The van der Waals surface area contributed by atoms with Gasteiger partial charge in [0.1, 0.15) is 5.75 Å². The van der Waals surface area contributed by atoms with Gasteiger partial charge in [-0.15, -0.1) is 0 Å². The Morgan fingerprint density at radius 3 is 2.52 bits per heavy atom. The molecule has 1 aliphatic rings. The highest BCUT2D eigenvalue weighted by Crippen LogP contribution is 2.26. The second kappa shape index (κ2) is 7.79. The molecule has 0 bridgehead atoms.